The Morgan fingerprint density at radius 2 is 1.79 bits per heavy atom. The van der Waals surface area contributed by atoms with Crippen molar-refractivity contribution in [1.29, 1.82) is 0 Å². The van der Waals surface area contributed by atoms with E-state index in [1.54, 1.807) is 10.6 Å². The maximum Gasteiger partial charge on any atom is 0.416 e. The minimum Gasteiger partial charge on any atom is -0.345 e. The zero-order valence-electron chi connectivity index (χ0n) is 20.3. The quantitative estimate of drug-likeness (QED) is 0.166. The molecule has 0 saturated carbocycles. The molecule has 0 aliphatic carbocycles. The smallest absolute Gasteiger partial charge is 0.345 e. The molecular formula is C26H22F3N5O3S. The maximum absolute atomic E-state index is 13.1. The first-order valence-electron chi connectivity index (χ1n) is 11.4. The maximum atomic E-state index is 13.1. The number of nitro benzene ring substituents is 1. The Labute approximate surface area is 220 Å². The van der Waals surface area contributed by atoms with Crippen LogP contribution in [0, 0.1) is 24.0 Å². The van der Waals surface area contributed by atoms with Crippen molar-refractivity contribution in [2.24, 2.45) is 0 Å². The first-order chi connectivity index (χ1) is 18.0. The van der Waals surface area contributed by atoms with E-state index in [9.17, 15) is 28.1 Å². The Kier molecular flexibility index (Phi) is 7.81. The summed E-state index contributed by atoms with van der Waals surface area (Å²) in [6.45, 7) is 3.38. The molecule has 0 atom stereocenters. The third-order valence-electron chi connectivity index (χ3n) is 5.74. The molecule has 196 valence electrons. The van der Waals surface area contributed by atoms with Gasteiger partial charge in [0.1, 0.15) is 0 Å². The van der Waals surface area contributed by atoms with Gasteiger partial charge in [0.2, 0.25) is 0 Å². The summed E-state index contributed by atoms with van der Waals surface area (Å²) in [5.74, 6) is 0.0920. The number of nitrogens with zero attached hydrogens (tertiary/aromatic N) is 4. The molecule has 1 aromatic heterocycles. The van der Waals surface area contributed by atoms with E-state index in [2.05, 4.69) is 15.5 Å². The Hall–Kier alpha value is -4.19. The van der Waals surface area contributed by atoms with Crippen LogP contribution in [0.5, 0.6) is 0 Å². The fourth-order valence-corrected chi connectivity index (χ4v) is 4.76. The molecule has 0 unspecified atom stereocenters. The fraction of sp³-hybridized carbons (Fsp3) is 0.192. The summed E-state index contributed by atoms with van der Waals surface area (Å²) >= 11 is 1.21. The van der Waals surface area contributed by atoms with Crippen molar-refractivity contribution in [1.82, 2.24) is 20.1 Å². The number of halogens is 3. The number of hydrogen-bond acceptors (Lipinski definition) is 6. The third-order valence-corrected chi connectivity index (χ3v) is 6.74. The predicted octanol–water partition coefficient (Wildman–Crippen LogP) is 6.03. The van der Waals surface area contributed by atoms with Crippen LogP contribution in [0.3, 0.4) is 0 Å². The van der Waals surface area contributed by atoms with Crippen LogP contribution in [0.2, 0.25) is 0 Å². The Morgan fingerprint density at radius 3 is 2.50 bits per heavy atom. The number of amides is 1. The summed E-state index contributed by atoms with van der Waals surface area (Å²) in [5, 5.41) is 22.8. The van der Waals surface area contributed by atoms with Gasteiger partial charge < -0.3 is 5.32 Å². The van der Waals surface area contributed by atoms with Crippen molar-refractivity contribution < 1.29 is 22.9 Å². The second-order valence-corrected chi connectivity index (χ2v) is 9.39. The second kappa shape index (κ2) is 11.1. The number of benzene rings is 3. The summed E-state index contributed by atoms with van der Waals surface area (Å²) in [5.41, 5.74) is 1.68. The number of carbonyl (C=O) groups is 1. The second-order valence-electron chi connectivity index (χ2n) is 8.45. The first kappa shape index (κ1) is 26.9. The first-order valence-corrected chi connectivity index (χ1v) is 12.4. The Balaban J connectivity index is 1.59. The Bertz CT molecular complexity index is 1500. The highest BCUT2D eigenvalue weighted by Gasteiger charge is 2.30. The van der Waals surface area contributed by atoms with Gasteiger partial charge in [0.25, 0.3) is 11.6 Å². The van der Waals surface area contributed by atoms with Crippen LogP contribution >= 0.6 is 11.8 Å². The van der Waals surface area contributed by atoms with Crippen molar-refractivity contribution in [3.05, 3.63) is 110 Å². The van der Waals surface area contributed by atoms with Gasteiger partial charge in [-0.2, -0.15) is 13.2 Å². The molecule has 0 bridgehead atoms. The third kappa shape index (κ3) is 6.02. The SMILES string of the molecule is Cc1cccc(-n2c(CNC(=O)c3cccc([N+](=O)[O-])c3C)nnc2SCc2cccc(C(F)(F)F)c2)c1. The van der Waals surface area contributed by atoms with E-state index in [1.807, 2.05) is 31.2 Å². The van der Waals surface area contributed by atoms with Crippen LogP contribution in [-0.4, -0.2) is 25.6 Å². The van der Waals surface area contributed by atoms with Gasteiger partial charge >= 0.3 is 6.18 Å². The van der Waals surface area contributed by atoms with Gasteiger partial charge in [-0.3, -0.25) is 19.5 Å². The lowest BCUT2D eigenvalue weighted by atomic mass is 10.1. The number of alkyl halides is 3. The largest absolute Gasteiger partial charge is 0.416 e. The van der Waals surface area contributed by atoms with Crippen molar-refractivity contribution in [2.75, 3.05) is 0 Å². The van der Waals surface area contributed by atoms with Crippen LogP contribution < -0.4 is 5.32 Å². The average Bonchev–Trinajstić information content (AvgIpc) is 3.28. The average molecular weight is 542 g/mol. The number of hydrogen-bond donors (Lipinski definition) is 1. The molecule has 38 heavy (non-hydrogen) atoms. The number of nitrogens with one attached hydrogen (secondary N) is 1. The lowest BCUT2D eigenvalue weighted by Crippen LogP contribution is -2.25. The van der Waals surface area contributed by atoms with Crippen molar-refractivity contribution in [3.63, 3.8) is 0 Å². The fourth-order valence-electron chi connectivity index (χ4n) is 3.84. The summed E-state index contributed by atoms with van der Waals surface area (Å²) in [6.07, 6.45) is -4.44. The molecule has 0 saturated heterocycles. The van der Waals surface area contributed by atoms with Gasteiger partial charge in [-0.25, -0.2) is 0 Å². The number of carbonyl (C=O) groups excluding carboxylic acids is 1. The summed E-state index contributed by atoms with van der Waals surface area (Å²) in [4.78, 5) is 23.5. The normalized spacial score (nSPS) is 11.4. The summed E-state index contributed by atoms with van der Waals surface area (Å²) < 4.78 is 41.1. The van der Waals surface area contributed by atoms with Gasteiger partial charge in [0.15, 0.2) is 11.0 Å². The van der Waals surface area contributed by atoms with Crippen molar-refractivity contribution in [3.8, 4) is 5.69 Å². The molecule has 1 N–H and O–H groups in total. The van der Waals surface area contributed by atoms with Gasteiger partial charge in [-0.05, 0) is 49.2 Å². The molecule has 0 aliphatic rings. The van der Waals surface area contributed by atoms with E-state index in [1.165, 1.54) is 43.0 Å². The zero-order chi connectivity index (χ0) is 27.4. The molecule has 0 fully saturated rings. The van der Waals surface area contributed by atoms with Gasteiger partial charge in [-0.15, -0.1) is 10.2 Å². The lowest BCUT2D eigenvalue weighted by molar-refractivity contribution is -0.385. The highest BCUT2D eigenvalue weighted by atomic mass is 32.2. The molecule has 4 aromatic rings. The van der Waals surface area contributed by atoms with Crippen LogP contribution in [0.15, 0.2) is 71.9 Å². The summed E-state index contributed by atoms with van der Waals surface area (Å²) in [6, 6.07) is 16.9. The van der Waals surface area contributed by atoms with E-state index in [0.717, 1.165) is 23.4 Å². The van der Waals surface area contributed by atoms with E-state index in [0.29, 0.717) is 16.5 Å². The number of aromatic nitrogens is 3. The zero-order valence-corrected chi connectivity index (χ0v) is 21.1. The van der Waals surface area contributed by atoms with E-state index < -0.39 is 22.6 Å². The molecule has 1 heterocycles. The van der Waals surface area contributed by atoms with Gasteiger partial charge in [0.05, 0.1) is 17.0 Å². The monoisotopic (exact) mass is 541 g/mol. The molecule has 3 aromatic carbocycles. The molecule has 8 nitrogen and oxygen atoms in total. The number of aryl methyl sites for hydroxylation is 1. The van der Waals surface area contributed by atoms with E-state index in [4.69, 9.17) is 0 Å². The standard InChI is InChI=1S/C26H22F3N5O3S/c1-16-6-3-9-20(12-16)33-23(14-30-24(35)21-10-5-11-22(17(21)2)34(36)37)31-32-25(33)38-15-18-7-4-8-19(13-18)26(27,28)29/h3-13H,14-15H2,1-2H3,(H,30,35). The Morgan fingerprint density at radius 1 is 1.05 bits per heavy atom. The van der Waals surface area contributed by atoms with E-state index >= 15 is 0 Å². The molecule has 0 radical (unpaired) electrons. The molecule has 0 spiro atoms. The molecule has 12 heteroatoms. The predicted molar refractivity (Wildman–Crippen MR) is 136 cm³/mol. The molecule has 4 rings (SSSR count). The van der Waals surface area contributed by atoms with Crippen molar-refractivity contribution >= 4 is 23.4 Å². The highest BCUT2D eigenvalue weighted by molar-refractivity contribution is 7.98. The summed E-state index contributed by atoms with van der Waals surface area (Å²) in [7, 11) is 0. The molecule has 1 amide bonds. The van der Waals surface area contributed by atoms with Crippen molar-refractivity contribution in [2.45, 2.75) is 37.5 Å². The topological polar surface area (TPSA) is 103 Å². The van der Waals surface area contributed by atoms with E-state index in [-0.39, 0.29) is 29.1 Å². The van der Waals surface area contributed by atoms with Crippen LogP contribution in [0.4, 0.5) is 18.9 Å². The van der Waals surface area contributed by atoms with Crippen LogP contribution in [0.1, 0.15) is 38.4 Å². The number of thioether (sulfide) groups is 1. The molecule has 0 aliphatic heterocycles. The number of nitro groups is 1. The highest BCUT2D eigenvalue weighted by Crippen LogP contribution is 2.32. The van der Waals surface area contributed by atoms with Gasteiger partial charge in [-0.1, -0.05) is 48.2 Å². The van der Waals surface area contributed by atoms with Gasteiger partial charge in [0, 0.05) is 28.6 Å². The van der Waals surface area contributed by atoms with Crippen LogP contribution in [-0.2, 0) is 18.5 Å². The number of rotatable bonds is 8. The minimum absolute atomic E-state index is 0.0357. The van der Waals surface area contributed by atoms with Crippen LogP contribution in [0.25, 0.3) is 5.69 Å². The lowest BCUT2D eigenvalue weighted by Gasteiger charge is -2.13. The molecular weight excluding hydrogens is 519 g/mol. The minimum atomic E-state index is -4.44.